The minimum Gasteiger partial charge on any atom is -0.476 e. The fourth-order valence-electron chi connectivity index (χ4n) is 1.74. The Morgan fingerprint density at radius 3 is 2.95 bits per heavy atom. The molecule has 0 aliphatic heterocycles. The first kappa shape index (κ1) is 14.4. The number of nitrogens with zero attached hydrogens (tertiary/aromatic N) is 3. The summed E-state index contributed by atoms with van der Waals surface area (Å²) in [5.41, 5.74) is 1.91. The van der Waals surface area contributed by atoms with E-state index in [0.29, 0.717) is 12.5 Å². The van der Waals surface area contributed by atoms with Gasteiger partial charge in [0.1, 0.15) is 0 Å². The van der Waals surface area contributed by atoms with Crippen LogP contribution in [0.1, 0.15) is 24.7 Å². The predicted molar refractivity (Wildman–Crippen MR) is 77.5 cm³/mol. The molecule has 0 fully saturated rings. The van der Waals surface area contributed by atoms with Crippen LogP contribution in [-0.4, -0.2) is 28.1 Å². The molecular formula is C15H20N4O. The van der Waals surface area contributed by atoms with E-state index in [1.165, 1.54) is 0 Å². The number of rotatable bonds is 8. The molecule has 0 unspecified atom stereocenters. The lowest BCUT2D eigenvalue weighted by Crippen LogP contribution is -2.15. The second kappa shape index (κ2) is 8.22. The van der Waals surface area contributed by atoms with Crippen molar-refractivity contribution in [1.29, 1.82) is 0 Å². The molecule has 5 heteroatoms. The molecule has 0 aliphatic carbocycles. The van der Waals surface area contributed by atoms with E-state index in [2.05, 4.69) is 27.2 Å². The lowest BCUT2D eigenvalue weighted by atomic mass is 10.3. The number of hydrogen-bond acceptors (Lipinski definition) is 5. The number of ether oxygens (including phenoxy) is 1. The largest absolute Gasteiger partial charge is 0.476 e. The molecule has 0 amide bonds. The summed E-state index contributed by atoms with van der Waals surface area (Å²) in [5.74, 6) is 0.566. The van der Waals surface area contributed by atoms with Crippen LogP contribution in [0.5, 0.6) is 5.88 Å². The monoisotopic (exact) mass is 272 g/mol. The molecule has 0 atom stereocenters. The highest BCUT2D eigenvalue weighted by atomic mass is 16.5. The van der Waals surface area contributed by atoms with Gasteiger partial charge in [-0.1, -0.05) is 13.0 Å². The van der Waals surface area contributed by atoms with Crippen LogP contribution in [0, 0.1) is 0 Å². The van der Waals surface area contributed by atoms with Gasteiger partial charge in [-0.25, -0.2) is 4.98 Å². The molecule has 0 bridgehead atoms. The van der Waals surface area contributed by atoms with Crippen LogP contribution in [0.25, 0.3) is 0 Å². The lowest BCUT2D eigenvalue weighted by molar-refractivity contribution is 0.305. The van der Waals surface area contributed by atoms with Gasteiger partial charge < -0.3 is 10.1 Å². The highest BCUT2D eigenvalue weighted by Crippen LogP contribution is 2.06. The van der Waals surface area contributed by atoms with Crippen molar-refractivity contribution in [3.63, 3.8) is 0 Å². The zero-order valence-electron chi connectivity index (χ0n) is 11.7. The second-order valence-electron chi connectivity index (χ2n) is 4.44. The van der Waals surface area contributed by atoms with Gasteiger partial charge in [0.15, 0.2) is 0 Å². The molecule has 20 heavy (non-hydrogen) atoms. The third-order valence-electron chi connectivity index (χ3n) is 2.73. The molecule has 0 aliphatic rings. The van der Waals surface area contributed by atoms with Gasteiger partial charge in [-0.15, -0.1) is 0 Å². The fraction of sp³-hybridized carbons (Fsp3) is 0.400. The molecule has 5 nitrogen and oxygen atoms in total. The van der Waals surface area contributed by atoms with Crippen molar-refractivity contribution in [3.8, 4) is 5.88 Å². The Bertz CT molecular complexity index is 504. The Morgan fingerprint density at radius 1 is 1.20 bits per heavy atom. The summed E-state index contributed by atoms with van der Waals surface area (Å²) in [5, 5.41) is 3.29. The van der Waals surface area contributed by atoms with Crippen molar-refractivity contribution in [2.24, 2.45) is 0 Å². The molecule has 2 aromatic rings. The maximum atomic E-state index is 5.62. The molecule has 2 rings (SSSR count). The summed E-state index contributed by atoms with van der Waals surface area (Å²) in [6.07, 6.45) is 7.06. The molecular weight excluding hydrogens is 252 g/mol. The quantitative estimate of drug-likeness (QED) is 0.745. The van der Waals surface area contributed by atoms with Crippen molar-refractivity contribution in [1.82, 2.24) is 20.3 Å². The first-order valence-electron chi connectivity index (χ1n) is 6.93. The van der Waals surface area contributed by atoms with Crippen LogP contribution in [0.3, 0.4) is 0 Å². The van der Waals surface area contributed by atoms with Gasteiger partial charge in [0.25, 0.3) is 0 Å². The molecule has 2 heterocycles. The molecule has 2 aromatic heterocycles. The maximum Gasteiger partial charge on any atom is 0.232 e. The van der Waals surface area contributed by atoms with Crippen molar-refractivity contribution in [3.05, 3.63) is 48.2 Å². The maximum absolute atomic E-state index is 5.62. The van der Waals surface area contributed by atoms with Crippen LogP contribution >= 0.6 is 0 Å². The normalized spacial score (nSPS) is 10.4. The van der Waals surface area contributed by atoms with E-state index in [9.17, 15) is 0 Å². The summed E-state index contributed by atoms with van der Waals surface area (Å²) < 4.78 is 5.62. The topological polar surface area (TPSA) is 59.9 Å². The van der Waals surface area contributed by atoms with Crippen LogP contribution in [0.15, 0.2) is 36.8 Å². The van der Waals surface area contributed by atoms with E-state index in [0.717, 1.165) is 37.3 Å². The van der Waals surface area contributed by atoms with Crippen LogP contribution in [0.2, 0.25) is 0 Å². The van der Waals surface area contributed by atoms with Crippen LogP contribution in [0.4, 0.5) is 0 Å². The van der Waals surface area contributed by atoms with Crippen molar-refractivity contribution >= 4 is 0 Å². The van der Waals surface area contributed by atoms with E-state index in [1.54, 1.807) is 18.6 Å². The van der Waals surface area contributed by atoms with Gasteiger partial charge >= 0.3 is 0 Å². The lowest BCUT2D eigenvalue weighted by Gasteiger charge is -2.07. The van der Waals surface area contributed by atoms with Crippen LogP contribution in [-0.2, 0) is 13.0 Å². The summed E-state index contributed by atoms with van der Waals surface area (Å²) in [7, 11) is 0. The Labute approximate surface area is 119 Å². The average Bonchev–Trinajstić information content (AvgIpc) is 2.49. The summed E-state index contributed by atoms with van der Waals surface area (Å²) in [4.78, 5) is 12.8. The number of hydrogen-bond donors (Lipinski definition) is 1. The summed E-state index contributed by atoms with van der Waals surface area (Å²) in [6.45, 7) is 4.39. The summed E-state index contributed by atoms with van der Waals surface area (Å²) in [6, 6.07) is 5.87. The average molecular weight is 272 g/mol. The summed E-state index contributed by atoms with van der Waals surface area (Å²) >= 11 is 0. The third-order valence-corrected chi connectivity index (χ3v) is 2.73. The van der Waals surface area contributed by atoms with E-state index < -0.39 is 0 Å². The van der Waals surface area contributed by atoms with E-state index >= 15 is 0 Å². The van der Waals surface area contributed by atoms with E-state index in [-0.39, 0.29) is 0 Å². The standard InChI is InChI=1S/C15H20N4O/c1-2-7-16-10-14-11-17-12-15(19-14)20-9-6-13-5-3-4-8-18-13/h3-5,8,11-12,16H,2,6-7,9-10H2,1H3. The van der Waals surface area contributed by atoms with E-state index in [1.807, 2.05) is 18.2 Å². The molecule has 1 N–H and O–H groups in total. The number of nitrogens with one attached hydrogen (secondary N) is 1. The van der Waals surface area contributed by atoms with Crippen LogP contribution < -0.4 is 10.1 Å². The highest BCUT2D eigenvalue weighted by molar-refractivity contribution is 5.09. The smallest absolute Gasteiger partial charge is 0.232 e. The van der Waals surface area contributed by atoms with Gasteiger partial charge in [-0.2, -0.15) is 0 Å². The molecule has 106 valence electrons. The number of aromatic nitrogens is 3. The van der Waals surface area contributed by atoms with E-state index in [4.69, 9.17) is 4.74 Å². The molecule has 0 saturated carbocycles. The Morgan fingerprint density at radius 2 is 2.15 bits per heavy atom. The minimum absolute atomic E-state index is 0.553. The molecule has 0 radical (unpaired) electrons. The minimum atomic E-state index is 0.553. The third kappa shape index (κ3) is 4.93. The van der Waals surface area contributed by atoms with Gasteiger partial charge in [-0.05, 0) is 25.1 Å². The Balaban J connectivity index is 1.79. The first-order valence-corrected chi connectivity index (χ1v) is 6.93. The first-order chi connectivity index (χ1) is 9.88. The highest BCUT2D eigenvalue weighted by Gasteiger charge is 2.00. The van der Waals surface area contributed by atoms with Gasteiger partial charge in [0, 0.05) is 31.1 Å². The fourth-order valence-corrected chi connectivity index (χ4v) is 1.74. The van der Waals surface area contributed by atoms with Gasteiger partial charge in [0.05, 0.1) is 18.5 Å². The molecule has 0 aromatic carbocycles. The zero-order valence-corrected chi connectivity index (χ0v) is 11.7. The van der Waals surface area contributed by atoms with Gasteiger partial charge in [-0.3, -0.25) is 9.97 Å². The van der Waals surface area contributed by atoms with Gasteiger partial charge in [0.2, 0.25) is 5.88 Å². The Kier molecular flexibility index (Phi) is 5.92. The Hall–Kier alpha value is -2.01. The van der Waals surface area contributed by atoms with Crippen molar-refractivity contribution in [2.45, 2.75) is 26.3 Å². The number of pyridine rings is 1. The second-order valence-corrected chi connectivity index (χ2v) is 4.44. The molecule has 0 saturated heterocycles. The zero-order chi connectivity index (χ0) is 14.0. The van der Waals surface area contributed by atoms with Crippen molar-refractivity contribution in [2.75, 3.05) is 13.2 Å². The SMILES string of the molecule is CCCNCc1cncc(OCCc2ccccn2)n1. The van der Waals surface area contributed by atoms with Crippen molar-refractivity contribution < 1.29 is 4.74 Å². The predicted octanol–water partition coefficient (Wildman–Crippen LogP) is 1.99. The molecule has 0 spiro atoms.